The number of carbonyl (C=O) groups excluding carboxylic acids is 1. The maximum Gasteiger partial charge on any atom is 0.233 e. The zero-order valence-electron chi connectivity index (χ0n) is 8.42. The predicted molar refractivity (Wildman–Crippen MR) is 60.2 cm³/mol. The molecule has 0 aliphatic carbocycles. The lowest BCUT2D eigenvalue weighted by Gasteiger charge is -2.19. The zero-order valence-corrected chi connectivity index (χ0v) is 9.93. The second-order valence-electron chi connectivity index (χ2n) is 3.67. The van der Waals surface area contributed by atoms with E-state index in [-0.39, 0.29) is 22.9 Å². The Morgan fingerprint density at radius 3 is 2.80 bits per heavy atom. The molecule has 82 valence electrons. The molecule has 0 saturated heterocycles. The summed E-state index contributed by atoms with van der Waals surface area (Å²) >= 11 is 11.3. The summed E-state index contributed by atoms with van der Waals surface area (Å²) in [6.45, 7) is 3.47. The van der Waals surface area contributed by atoms with Crippen molar-refractivity contribution in [2.75, 3.05) is 11.2 Å². The summed E-state index contributed by atoms with van der Waals surface area (Å²) in [7, 11) is 0. The van der Waals surface area contributed by atoms with Crippen LogP contribution >= 0.6 is 23.2 Å². The van der Waals surface area contributed by atoms with Crippen molar-refractivity contribution in [2.24, 2.45) is 5.41 Å². The Hall–Kier alpha value is -0.870. The van der Waals surface area contributed by atoms with E-state index in [0.29, 0.717) is 0 Å². The molecule has 0 fully saturated rings. The molecule has 4 nitrogen and oxygen atoms in total. The van der Waals surface area contributed by atoms with Gasteiger partial charge in [0.15, 0.2) is 0 Å². The molecule has 0 atom stereocenters. The average molecular weight is 248 g/mol. The number of alkyl halides is 1. The molecule has 1 rings (SSSR count). The van der Waals surface area contributed by atoms with E-state index in [1.54, 1.807) is 13.8 Å². The summed E-state index contributed by atoms with van der Waals surface area (Å²) in [5, 5.41) is 2.83. The summed E-state index contributed by atoms with van der Waals surface area (Å²) in [5.74, 6) is 0.171. The van der Waals surface area contributed by atoms with E-state index in [2.05, 4.69) is 15.3 Å². The van der Waals surface area contributed by atoms with Gasteiger partial charge in [0.05, 0.1) is 5.41 Å². The van der Waals surface area contributed by atoms with Crippen molar-refractivity contribution in [2.45, 2.75) is 13.8 Å². The maximum atomic E-state index is 11.7. The first-order valence-corrected chi connectivity index (χ1v) is 5.23. The SMILES string of the molecule is CC(C)(CCl)C(=O)Nc1nccc(Cl)n1. The van der Waals surface area contributed by atoms with Gasteiger partial charge in [-0.1, -0.05) is 11.6 Å². The van der Waals surface area contributed by atoms with E-state index < -0.39 is 5.41 Å². The van der Waals surface area contributed by atoms with Crippen LogP contribution in [0.4, 0.5) is 5.95 Å². The first-order chi connectivity index (χ1) is 6.95. The van der Waals surface area contributed by atoms with Crippen LogP contribution in [0.2, 0.25) is 5.15 Å². The molecule has 0 radical (unpaired) electrons. The van der Waals surface area contributed by atoms with Gasteiger partial charge in [-0.25, -0.2) is 9.97 Å². The van der Waals surface area contributed by atoms with Crippen molar-refractivity contribution in [1.82, 2.24) is 9.97 Å². The third-order valence-electron chi connectivity index (χ3n) is 1.80. The number of hydrogen-bond acceptors (Lipinski definition) is 3. The Bertz CT molecular complexity index is 368. The molecule has 0 aromatic carbocycles. The Morgan fingerprint density at radius 1 is 1.60 bits per heavy atom. The molecule has 0 spiro atoms. The molecule has 1 amide bonds. The lowest BCUT2D eigenvalue weighted by molar-refractivity contribution is -0.123. The minimum Gasteiger partial charge on any atom is -0.294 e. The van der Waals surface area contributed by atoms with Crippen molar-refractivity contribution in [3.63, 3.8) is 0 Å². The topological polar surface area (TPSA) is 54.9 Å². The summed E-state index contributed by atoms with van der Waals surface area (Å²) in [4.78, 5) is 19.4. The molecular formula is C9H11Cl2N3O. The van der Waals surface area contributed by atoms with Crippen LogP contribution in [0.5, 0.6) is 0 Å². The second kappa shape index (κ2) is 4.77. The fraction of sp³-hybridized carbons (Fsp3) is 0.444. The predicted octanol–water partition coefficient (Wildman–Crippen LogP) is 2.33. The highest BCUT2D eigenvalue weighted by atomic mass is 35.5. The van der Waals surface area contributed by atoms with Crippen LogP contribution in [0.15, 0.2) is 12.3 Å². The van der Waals surface area contributed by atoms with Crippen LogP contribution < -0.4 is 5.32 Å². The number of nitrogens with one attached hydrogen (secondary N) is 1. The minimum absolute atomic E-state index is 0.186. The lowest BCUT2D eigenvalue weighted by Crippen LogP contribution is -2.32. The van der Waals surface area contributed by atoms with Gasteiger partial charge < -0.3 is 0 Å². The zero-order chi connectivity index (χ0) is 11.5. The first-order valence-electron chi connectivity index (χ1n) is 4.31. The number of anilines is 1. The Balaban J connectivity index is 2.75. The van der Waals surface area contributed by atoms with Crippen LogP contribution in [0.1, 0.15) is 13.8 Å². The number of halogens is 2. The van der Waals surface area contributed by atoms with Crippen molar-refractivity contribution in [3.8, 4) is 0 Å². The Morgan fingerprint density at radius 2 is 2.27 bits per heavy atom. The summed E-state index contributed by atoms with van der Waals surface area (Å²) in [5.41, 5.74) is -0.659. The highest BCUT2D eigenvalue weighted by molar-refractivity contribution is 6.29. The molecule has 0 bridgehead atoms. The van der Waals surface area contributed by atoms with Crippen molar-refractivity contribution < 1.29 is 4.79 Å². The number of hydrogen-bond donors (Lipinski definition) is 1. The maximum absolute atomic E-state index is 11.7. The molecular weight excluding hydrogens is 237 g/mol. The third kappa shape index (κ3) is 3.32. The monoisotopic (exact) mass is 247 g/mol. The molecule has 1 heterocycles. The van der Waals surface area contributed by atoms with Crippen LogP contribution in [0, 0.1) is 5.41 Å². The van der Waals surface area contributed by atoms with E-state index in [4.69, 9.17) is 23.2 Å². The fourth-order valence-corrected chi connectivity index (χ4v) is 0.986. The number of rotatable bonds is 3. The van der Waals surface area contributed by atoms with E-state index in [1.165, 1.54) is 12.3 Å². The first kappa shape index (κ1) is 12.2. The number of carbonyl (C=O) groups is 1. The molecule has 0 aliphatic rings. The van der Waals surface area contributed by atoms with Crippen molar-refractivity contribution in [3.05, 3.63) is 17.4 Å². The molecule has 1 aromatic rings. The summed E-state index contributed by atoms with van der Waals surface area (Å²) in [6.07, 6.45) is 1.47. The van der Waals surface area contributed by atoms with Gasteiger partial charge in [-0.05, 0) is 19.9 Å². The highest BCUT2D eigenvalue weighted by Crippen LogP contribution is 2.19. The lowest BCUT2D eigenvalue weighted by atomic mass is 9.95. The Labute approximate surface area is 98.0 Å². The van der Waals surface area contributed by atoms with Crippen LogP contribution in [-0.2, 0) is 4.79 Å². The van der Waals surface area contributed by atoms with Gasteiger partial charge in [0.1, 0.15) is 5.15 Å². The molecule has 1 N–H and O–H groups in total. The Kier molecular flexibility index (Phi) is 3.88. The summed E-state index contributed by atoms with van der Waals surface area (Å²) in [6, 6.07) is 1.53. The standard InChI is InChI=1S/C9H11Cl2N3O/c1-9(2,5-10)7(15)14-8-12-4-3-6(11)13-8/h3-4H,5H2,1-2H3,(H,12,13,14,15). The quantitative estimate of drug-likeness (QED) is 0.659. The highest BCUT2D eigenvalue weighted by Gasteiger charge is 2.27. The molecule has 6 heteroatoms. The van der Waals surface area contributed by atoms with E-state index in [1.807, 2.05) is 0 Å². The van der Waals surface area contributed by atoms with Gasteiger partial charge in [0, 0.05) is 12.1 Å². The van der Waals surface area contributed by atoms with Gasteiger partial charge in [0.2, 0.25) is 11.9 Å². The molecule has 0 saturated carbocycles. The van der Waals surface area contributed by atoms with Gasteiger partial charge >= 0.3 is 0 Å². The van der Waals surface area contributed by atoms with Crippen molar-refractivity contribution in [1.29, 1.82) is 0 Å². The van der Waals surface area contributed by atoms with E-state index in [0.717, 1.165) is 0 Å². The smallest absolute Gasteiger partial charge is 0.233 e. The average Bonchev–Trinajstić information content (AvgIpc) is 2.17. The molecule has 1 aromatic heterocycles. The van der Waals surface area contributed by atoms with Crippen LogP contribution in [0.25, 0.3) is 0 Å². The van der Waals surface area contributed by atoms with Gasteiger partial charge in [0.25, 0.3) is 0 Å². The van der Waals surface area contributed by atoms with Gasteiger partial charge in [-0.15, -0.1) is 11.6 Å². The third-order valence-corrected chi connectivity index (χ3v) is 2.67. The largest absolute Gasteiger partial charge is 0.294 e. The number of nitrogens with zero attached hydrogens (tertiary/aromatic N) is 2. The van der Waals surface area contributed by atoms with Crippen LogP contribution in [0.3, 0.4) is 0 Å². The van der Waals surface area contributed by atoms with E-state index >= 15 is 0 Å². The van der Waals surface area contributed by atoms with Crippen molar-refractivity contribution >= 4 is 35.1 Å². The molecule has 0 unspecified atom stereocenters. The fourth-order valence-electron chi connectivity index (χ4n) is 0.728. The number of aromatic nitrogens is 2. The molecule has 0 aliphatic heterocycles. The normalized spacial score (nSPS) is 11.2. The second-order valence-corrected chi connectivity index (χ2v) is 4.33. The number of amides is 1. The summed E-state index contributed by atoms with van der Waals surface area (Å²) < 4.78 is 0. The minimum atomic E-state index is -0.659. The van der Waals surface area contributed by atoms with Crippen LogP contribution in [-0.4, -0.2) is 21.8 Å². The molecule has 15 heavy (non-hydrogen) atoms. The van der Waals surface area contributed by atoms with Gasteiger partial charge in [-0.3, -0.25) is 10.1 Å². The van der Waals surface area contributed by atoms with Gasteiger partial charge in [-0.2, -0.15) is 0 Å². The van der Waals surface area contributed by atoms with E-state index in [9.17, 15) is 4.79 Å².